The Morgan fingerprint density at radius 3 is 2.78 bits per heavy atom. The van der Waals surface area contributed by atoms with E-state index in [1.165, 1.54) is 6.08 Å². The maximum Gasteiger partial charge on any atom is 0.334 e. The number of halogens is 1. The fourth-order valence-electron chi connectivity index (χ4n) is 1.26. The second-order valence-electron chi connectivity index (χ2n) is 3.25. The molecule has 5 heteroatoms. The van der Waals surface area contributed by atoms with Crippen molar-refractivity contribution in [1.82, 2.24) is 0 Å². The van der Waals surface area contributed by atoms with E-state index >= 15 is 0 Å². The number of benzene rings is 1. The molecule has 0 saturated carbocycles. The number of hydrogen-bond donors (Lipinski definition) is 0. The van der Waals surface area contributed by atoms with Crippen LogP contribution in [0.1, 0.15) is 6.92 Å². The molecule has 0 saturated heterocycles. The van der Waals surface area contributed by atoms with Gasteiger partial charge in [0.25, 0.3) is 0 Å². The van der Waals surface area contributed by atoms with Crippen LogP contribution in [0.4, 0.5) is 0 Å². The molecule has 0 aromatic heterocycles. The summed E-state index contributed by atoms with van der Waals surface area (Å²) < 4.78 is 10.5. The van der Waals surface area contributed by atoms with Gasteiger partial charge in [0.2, 0.25) is 0 Å². The largest absolute Gasteiger partial charge is 0.463 e. The van der Waals surface area contributed by atoms with E-state index in [0.29, 0.717) is 17.7 Å². The molecular weight excluding hydrogens is 316 g/mol. The fraction of sp³-hybridized carbons (Fsp3) is 0.308. The van der Waals surface area contributed by atoms with Gasteiger partial charge in [0, 0.05) is 4.90 Å². The smallest absolute Gasteiger partial charge is 0.334 e. The molecule has 0 radical (unpaired) electrons. The van der Waals surface area contributed by atoms with E-state index in [1.54, 1.807) is 18.7 Å². The third-order valence-electron chi connectivity index (χ3n) is 2.01. The normalized spacial score (nSPS) is 11.2. The summed E-state index contributed by atoms with van der Waals surface area (Å²) in [6.07, 6.45) is 3.33. The Labute approximate surface area is 120 Å². The quantitative estimate of drug-likeness (QED) is 0.262. The molecule has 0 N–H and O–H groups in total. The predicted molar refractivity (Wildman–Crippen MR) is 77.4 cm³/mol. The highest BCUT2D eigenvalue weighted by atomic mass is 79.9. The first-order valence-electron chi connectivity index (χ1n) is 5.45. The minimum atomic E-state index is -0.395. The van der Waals surface area contributed by atoms with Gasteiger partial charge in [-0.2, -0.15) is 0 Å². The summed E-state index contributed by atoms with van der Waals surface area (Å²) in [5.74, 6) is 0.864. The van der Waals surface area contributed by atoms with Gasteiger partial charge in [0.1, 0.15) is 11.5 Å². The van der Waals surface area contributed by atoms with Gasteiger partial charge in [-0.15, -0.1) is 11.8 Å². The summed E-state index contributed by atoms with van der Waals surface area (Å²) in [5, 5.41) is 0.453. The Kier molecular flexibility index (Phi) is 6.90. The lowest BCUT2D eigenvalue weighted by Gasteiger charge is -2.10. The summed E-state index contributed by atoms with van der Waals surface area (Å²) >= 11 is 4.88. The molecule has 0 aliphatic carbocycles. The molecule has 1 rings (SSSR count). The number of alkyl halides is 1. The minimum Gasteiger partial charge on any atom is -0.463 e. The Hall–Kier alpha value is -0.940. The average Bonchev–Trinajstić information content (AvgIpc) is 2.38. The molecule has 0 bridgehead atoms. The molecule has 0 atom stereocenters. The first kappa shape index (κ1) is 15.1. The van der Waals surface area contributed by atoms with Gasteiger partial charge in [-0.3, -0.25) is 0 Å². The van der Waals surface area contributed by atoms with Gasteiger partial charge >= 0.3 is 5.97 Å². The molecule has 1 aromatic rings. The van der Waals surface area contributed by atoms with Crippen LogP contribution in [0.2, 0.25) is 0 Å². The van der Waals surface area contributed by atoms with E-state index < -0.39 is 5.97 Å². The zero-order valence-corrected chi connectivity index (χ0v) is 12.7. The van der Waals surface area contributed by atoms with Crippen LogP contribution in [0, 0.1) is 0 Å². The van der Waals surface area contributed by atoms with Crippen molar-refractivity contribution in [3.63, 3.8) is 0 Å². The van der Waals surface area contributed by atoms with Crippen molar-refractivity contribution < 1.29 is 14.3 Å². The van der Waals surface area contributed by atoms with Gasteiger partial charge in [0.15, 0.2) is 0 Å². The minimum absolute atomic E-state index is 0.353. The van der Waals surface area contributed by atoms with Crippen molar-refractivity contribution >= 4 is 33.7 Å². The topological polar surface area (TPSA) is 35.5 Å². The highest BCUT2D eigenvalue weighted by Crippen LogP contribution is 2.28. The molecule has 0 aliphatic rings. The fourth-order valence-corrected chi connectivity index (χ4v) is 2.06. The molecule has 1 aromatic carbocycles. The van der Waals surface area contributed by atoms with Crippen LogP contribution in [0.15, 0.2) is 41.0 Å². The van der Waals surface area contributed by atoms with Crippen LogP contribution in [0.25, 0.3) is 0 Å². The third kappa shape index (κ3) is 4.74. The average molecular weight is 331 g/mol. The summed E-state index contributed by atoms with van der Waals surface area (Å²) in [6, 6.07) is 7.68. The van der Waals surface area contributed by atoms with Crippen molar-refractivity contribution in [2.75, 3.05) is 18.2 Å². The number of allylic oxidation sites excluding steroid dienone is 1. The number of rotatable bonds is 6. The van der Waals surface area contributed by atoms with Crippen molar-refractivity contribution in [2.24, 2.45) is 0 Å². The Balaban J connectivity index is 2.82. The van der Waals surface area contributed by atoms with E-state index in [0.717, 1.165) is 10.6 Å². The molecule has 18 heavy (non-hydrogen) atoms. The predicted octanol–water partition coefficient (Wildman–Crippen LogP) is 3.63. The number of ether oxygens (including phenoxy) is 2. The van der Waals surface area contributed by atoms with E-state index in [1.807, 2.05) is 30.5 Å². The Bertz CT molecular complexity index is 432. The van der Waals surface area contributed by atoms with Gasteiger partial charge < -0.3 is 9.47 Å². The van der Waals surface area contributed by atoms with Crippen molar-refractivity contribution in [2.45, 2.75) is 11.8 Å². The van der Waals surface area contributed by atoms with Gasteiger partial charge in [-0.1, -0.05) is 28.1 Å². The van der Waals surface area contributed by atoms with Crippen molar-refractivity contribution in [3.8, 4) is 5.75 Å². The van der Waals surface area contributed by atoms with Crippen LogP contribution in [-0.4, -0.2) is 24.2 Å². The maximum absolute atomic E-state index is 11.4. The summed E-state index contributed by atoms with van der Waals surface area (Å²) in [4.78, 5) is 12.4. The molecular formula is C13H15BrO3S. The zero-order chi connectivity index (χ0) is 13.4. The number of thioether (sulfide) groups is 1. The van der Waals surface area contributed by atoms with Crippen molar-refractivity contribution in [1.29, 1.82) is 0 Å². The maximum atomic E-state index is 11.4. The van der Waals surface area contributed by atoms with Crippen LogP contribution in [0.3, 0.4) is 0 Å². The second-order valence-corrected chi connectivity index (χ2v) is 4.66. The van der Waals surface area contributed by atoms with E-state index in [4.69, 9.17) is 9.47 Å². The van der Waals surface area contributed by atoms with Crippen LogP contribution in [-0.2, 0) is 9.53 Å². The molecule has 0 fully saturated rings. The van der Waals surface area contributed by atoms with Crippen LogP contribution < -0.4 is 4.74 Å². The number of carbonyl (C=O) groups excluding carboxylic acids is 1. The third-order valence-corrected chi connectivity index (χ3v) is 3.34. The molecule has 0 heterocycles. The lowest BCUT2D eigenvalue weighted by Crippen LogP contribution is -2.05. The number of esters is 1. The Morgan fingerprint density at radius 1 is 1.44 bits per heavy atom. The molecule has 0 amide bonds. The van der Waals surface area contributed by atoms with Crippen molar-refractivity contribution in [3.05, 3.63) is 36.1 Å². The number of carbonyl (C=O) groups is 1. The van der Waals surface area contributed by atoms with Gasteiger partial charge in [-0.25, -0.2) is 4.79 Å². The highest BCUT2D eigenvalue weighted by Gasteiger charge is 2.07. The summed E-state index contributed by atoms with van der Waals surface area (Å²) in [5.41, 5.74) is 0. The zero-order valence-electron chi connectivity index (χ0n) is 10.3. The Morgan fingerprint density at radius 2 is 2.17 bits per heavy atom. The standard InChI is InChI=1S/C13H15BrO3S/c1-3-16-13(15)8-10(9-14)17-11-6-4-5-7-12(11)18-2/h4-8H,3,9H2,1-2H3/b10-8+. The highest BCUT2D eigenvalue weighted by molar-refractivity contribution is 9.09. The molecule has 98 valence electrons. The van der Waals surface area contributed by atoms with Gasteiger partial charge in [-0.05, 0) is 25.3 Å². The molecule has 0 aliphatic heterocycles. The summed E-state index contributed by atoms with van der Waals surface area (Å²) in [6.45, 7) is 2.12. The SMILES string of the molecule is CCOC(=O)/C=C(\CBr)Oc1ccccc1SC. The molecule has 0 unspecified atom stereocenters. The monoisotopic (exact) mass is 330 g/mol. The second kappa shape index (κ2) is 8.21. The molecule has 0 spiro atoms. The number of hydrogen-bond acceptors (Lipinski definition) is 4. The van der Waals surface area contributed by atoms with E-state index in [2.05, 4.69) is 15.9 Å². The molecule has 3 nitrogen and oxygen atoms in total. The summed E-state index contributed by atoms with van der Waals surface area (Å²) in [7, 11) is 0. The lowest BCUT2D eigenvalue weighted by molar-refractivity contribution is -0.137. The first-order valence-corrected chi connectivity index (χ1v) is 7.80. The first-order chi connectivity index (χ1) is 8.71. The van der Waals surface area contributed by atoms with Crippen LogP contribution in [0.5, 0.6) is 5.75 Å². The van der Waals surface area contributed by atoms with E-state index in [9.17, 15) is 4.79 Å². The van der Waals surface area contributed by atoms with Gasteiger partial charge in [0.05, 0.1) is 18.0 Å². The number of para-hydroxylation sites is 1. The van der Waals surface area contributed by atoms with E-state index in [-0.39, 0.29) is 0 Å². The van der Waals surface area contributed by atoms with Crippen LogP contribution >= 0.6 is 27.7 Å². The lowest BCUT2D eigenvalue weighted by atomic mass is 10.3.